The van der Waals surface area contributed by atoms with E-state index in [1.54, 1.807) is 0 Å². The summed E-state index contributed by atoms with van der Waals surface area (Å²) >= 11 is 0. The molecule has 1 saturated heterocycles. The monoisotopic (exact) mass is 283 g/mol. The van der Waals surface area contributed by atoms with Crippen molar-refractivity contribution in [1.82, 2.24) is 15.1 Å². The van der Waals surface area contributed by atoms with E-state index in [0.717, 1.165) is 32.7 Å². The van der Waals surface area contributed by atoms with Gasteiger partial charge >= 0.3 is 0 Å². The van der Waals surface area contributed by atoms with Crippen LogP contribution in [0.25, 0.3) is 0 Å². The van der Waals surface area contributed by atoms with Crippen molar-refractivity contribution in [1.29, 1.82) is 0 Å². The zero-order chi connectivity index (χ0) is 15.3. The summed E-state index contributed by atoms with van der Waals surface area (Å²) in [6, 6.07) is 0.451. The molecule has 0 aromatic carbocycles. The van der Waals surface area contributed by atoms with Crippen molar-refractivity contribution in [2.75, 3.05) is 39.8 Å². The molecule has 1 amide bonds. The van der Waals surface area contributed by atoms with Crippen LogP contribution in [0, 0.1) is 11.3 Å². The molecule has 4 nitrogen and oxygen atoms in total. The SMILES string of the molecule is CC(C)C(CNC(=O)CC(C)(C)C)N1CCN(C)CC1. The first kappa shape index (κ1) is 17.4. The van der Waals surface area contributed by atoms with Gasteiger partial charge in [-0.25, -0.2) is 0 Å². The molecular formula is C16H33N3O. The highest BCUT2D eigenvalue weighted by atomic mass is 16.1. The first-order valence-electron chi connectivity index (χ1n) is 7.88. The van der Waals surface area contributed by atoms with Crippen LogP contribution in [0.1, 0.15) is 41.0 Å². The second kappa shape index (κ2) is 7.41. The average molecular weight is 283 g/mol. The number of amides is 1. The standard InChI is InChI=1S/C16H33N3O/c1-13(2)14(19-9-7-18(6)8-10-19)12-17-15(20)11-16(3,4)5/h13-14H,7-12H2,1-6H3,(H,17,20). The van der Waals surface area contributed by atoms with Gasteiger partial charge in [-0.2, -0.15) is 0 Å². The Labute approximate surface area is 124 Å². The molecule has 1 aliphatic heterocycles. The topological polar surface area (TPSA) is 35.6 Å². The Balaban J connectivity index is 2.45. The molecule has 20 heavy (non-hydrogen) atoms. The van der Waals surface area contributed by atoms with Crippen molar-refractivity contribution < 1.29 is 4.79 Å². The van der Waals surface area contributed by atoms with Crippen molar-refractivity contribution in [2.45, 2.75) is 47.1 Å². The van der Waals surface area contributed by atoms with E-state index in [2.05, 4.69) is 56.8 Å². The average Bonchev–Trinajstić information content (AvgIpc) is 2.29. The lowest BCUT2D eigenvalue weighted by Crippen LogP contribution is -2.54. The van der Waals surface area contributed by atoms with Gasteiger partial charge < -0.3 is 10.2 Å². The Kier molecular flexibility index (Phi) is 6.46. The molecule has 0 bridgehead atoms. The summed E-state index contributed by atoms with van der Waals surface area (Å²) in [5, 5.41) is 3.13. The van der Waals surface area contributed by atoms with Gasteiger partial charge in [-0.05, 0) is 18.4 Å². The zero-order valence-electron chi connectivity index (χ0n) is 14.2. The molecule has 1 rings (SSSR count). The normalized spacial score (nSPS) is 20.1. The molecule has 0 aliphatic carbocycles. The summed E-state index contributed by atoms with van der Waals surface area (Å²) in [6.45, 7) is 16.0. The number of piperazine rings is 1. The lowest BCUT2D eigenvalue weighted by molar-refractivity contribution is -0.123. The largest absolute Gasteiger partial charge is 0.355 e. The van der Waals surface area contributed by atoms with Gasteiger partial charge in [0.1, 0.15) is 0 Å². The Bertz CT molecular complexity index is 301. The molecule has 1 fully saturated rings. The molecule has 0 radical (unpaired) electrons. The second-order valence-electron chi connectivity index (χ2n) is 7.69. The predicted molar refractivity (Wildman–Crippen MR) is 84.8 cm³/mol. The molecule has 0 spiro atoms. The maximum absolute atomic E-state index is 12.0. The van der Waals surface area contributed by atoms with E-state index < -0.39 is 0 Å². The minimum absolute atomic E-state index is 0.0608. The van der Waals surface area contributed by atoms with Crippen molar-refractivity contribution in [3.63, 3.8) is 0 Å². The Morgan fingerprint density at radius 2 is 1.70 bits per heavy atom. The van der Waals surface area contributed by atoms with Crippen molar-refractivity contribution in [3.8, 4) is 0 Å². The van der Waals surface area contributed by atoms with E-state index in [4.69, 9.17) is 0 Å². The maximum atomic E-state index is 12.0. The highest BCUT2D eigenvalue weighted by molar-refractivity contribution is 5.76. The van der Waals surface area contributed by atoms with Crippen molar-refractivity contribution in [3.05, 3.63) is 0 Å². The molecule has 1 unspecified atom stereocenters. The summed E-state index contributed by atoms with van der Waals surface area (Å²) in [5.74, 6) is 0.741. The number of carbonyl (C=O) groups is 1. The molecule has 0 saturated carbocycles. The van der Waals surface area contributed by atoms with Crippen LogP contribution in [0.15, 0.2) is 0 Å². The number of nitrogens with one attached hydrogen (secondary N) is 1. The molecule has 0 aromatic heterocycles. The molecule has 1 N–H and O–H groups in total. The lowest BCUT2D eigenvalue weighted by atomic mass is 9.92. The smallest absolute Gasteiger partial charge is 0.220 e. The second-order valence-corrected chi connectivity index (χ2v) is 7.69. The van der Waals surface area contributed by atoms with Crippen LogP contribution >= 0.6 is 0 Å². The number of hydrogen-bond donors (Lipinski definition) is 1. The summed E-state index contributed by atoms with van der Waals surface area (Å²) in [6.07, 6.45) is 0.598. The Morgan fingerprint density at radius 1 is 1.15 bits per heavy atom. The highest BCUT2D eigenvalue weighted by Crippen LogP contribution is 2.18. The predicted octanol–water partition coefficient (Wildman–Crippen LogP) is 1.81. The molecule has 1 heterocycles. The van der Waals surface area contributed by atoms with Crippen LogP contribution in [-0.2, 0) is 4.79 Å². The molecule has 4 heteroatoms. The van der Waals surface area contributed by atoms with Crippen LogP contribution < -0.4 is 5.32 Å². The van der Waals surface area contributed by atoms with Crippen LogP contribution in [0.4, 0.5) is 0 Å². The van der Waals surface area contributed by atoms with Gasteiger partial charge in [-0.3, -0.25) is 9.69 Å². The third-order valence-electron chi connectivity index (χ3n) is 3.98. The molecule has 1 aliphatic rings. The number of likely N-dealkylation sites (N-methyl/N-ethyl adjacent to an activating group) is 1. The number of hydrogen-bond acceptors (Lipinski definition) is 3. The molecule has 118 valence electrons. The summed E-state index contributed by atoms with van der Waals surface area (Å²) in [5.41, 5.74) is 0.0608. The van der Waals surface area contributed by atoms with E-state index >= 15 is 0 Å². The van der Waals surface area contributed by atoms with Gasteiger partial charge in [0, 0.05) is 45.2 Å². The van der Waals surface area contributed by atoms with Crippen LogP contribution in [-0.4, -0.2) is 61.5 Å². The van der Waals surface area contributed by atoms with E-state index in [1.165, 1.54) is 0 Å². The first-order chi connectivity index (χ1) is 9.19. The molecule has 1 atom stereocenters. The van der Waals surface area contributed by atoms with E-state index in [9.17, 15) is 4.79 Å². The number of carbonyl (C=O) groups excluding carboxylic acids is 1. The minimum Gasteiger partial charge on any atom is -0.355 e. The zero-order valence-corrected chi connectivity index (χ0v) is 14.2. The van der Waals surface area contributed by atoms with Gasteiger partial charge in [-0.15, -0.1) is 0 Å². The fraction of sp³-hybridized carbons (Fsp3) is 0.938. The summed E-state index contributed by atoms with van der Waals surface area (Å²) in [7, 11) is 2.17. The van der Waals surface area contributed by atoms with Gasteiger partial charge in [-0.1, -0.05) is 34.6 Å². The third kappa shape index (κ3) is 6.23. The van der Waals surface area contributed by atoms with Crippen LogP contribution in [0.2, 0.25) is 0 Å². The fourth-order valence-electron chi connectivity index (χ4n) is 2.70. The number of rotatable bonds is 5. The van der Waals surface area contributed by atoms with Gasteiger partial charge in [0.05, 0.1) is 0 Å². The van der Waals surface area contributed by atoms with Crippen molar-refractivity contribution >= 4 is 5.91 Å². The fourth-order valence-corrected chi connectivity index (χ4v) is 2.70. The minimum atomic E-state index is 0.0608. The van der Waals surface area contributed by atoms with Crippen molar-refractivity contribution in [2.24, 2.45) is 11.3 Å². The lowest BCUT2D eigenvalue weighted by Gasteiger charge is -2.40. The maximum Gasteiger partial charge on any atom is 0.220 e. The van der Waals surface area contributed by atoms with Crippen LogP contribution in [0.5, 0.6) is 0 Å². The molecule has 0 aromatic rings. The summed E-state index contributed by atoms with van der Waals surface area (Å²) in [4.78, 5) is 16.9. The van der Waals surface area contributed by atoms with Gasteiger partial charge in [0.15, 0.2) is 0 Å². The summed E-state index contributed by atoms with van der Waals surface area (Å²) < 4.78 is 0. The van der Waals surface area contributed by atoms with Gasteiger partial charge in [0.25, 0.3) is 0 Å². The highest BCUT2D eigenvalue weighted by Gasteiger charge is 2.25. The van der Waals surface area contributed by atoms with E-state index in [0.29, 0.717) is 18.4 Å². The van der Waals surface area contributed by atoms with E-state index in [1.807, 2.05) is 0 Å². The first-order valence-corrected chi connectivity index (χ1v) is 7.88. The van der Waals surface area contributed by atoms with E-state index in [-0.39, 0.29) is 11.3 Å². The number of nitrogens with zero attached hydrogens (tertiary/aromatic N) is 2. The Morgan fingerprint density at radius 3 is 2.15 bits per heavy atom. The molecular weight excluding hydrogens is 250 g/mol. The third-order valence-corrected chi connectivity index (χ3v) is 3.98. The quantitative estimate of drug-likeness (QED) is 0.836. The van der Waals surface area contributed by atoms with Gasteiger partial charge in [0.2, 0.25) is 5.91 Å². The van der Waals surface area contributed by atoms with Crippen LogP contribution in [0.3, 0.4) is 0 Å². The Hall–Kier alpha value is -0.610.